The molecular weight excluding hydrogens is 404 g/mol. The van der Waals surface area contributed by atoms with Crippen LogP contribution in [0.1, 0.15) is 41.7 Å². The smallest absolute Gasteiger partial charge is 0.120 e. The Balaban J connectivity index is 1.47. The Morgan fingerprint density at radius 2 is 1.09 bits per heavy atom. The molecule has 0 spiro atoms. The van der Waals surface area contributed by atoms with Crippen LogP contribution in [0.3, 0.4) is 0 Å². The minimum absolute atomic E-state index is 0.565. The molecule has 33 heavy (non-hydrogen) atoms. The fourth-order valence-corrected chi connectivity index (χ4v) is 3.80. The summed E-state index contributed by atoms with van der Waals surface area (Å²) in [4.78, 5) is 0. The van der Waals surface area contributed by atoms with E-state index in [4.69, 9.17) is 9.47 Å². The van der Waals surface area contributed by atoms with Crippen LogP contribution < -0.4 is 9.47 Å². The van der Waals surface area contributed by atoms with Gasteiger partial charge >= 0.3 is 0 Å². The van der Waals surface area contributed by atoms with Crippen molar-refractivity contribution >= 4 is 11.1 Å². The van der Waals surface area contributed by atoms with E-state index in [9.17, 15) is 0 Å². The molecule has 0 aliphatic heterocycles. The summed E-state index contributed by atoms with van der Waals surface area (Å²) in [5.41, 5.74) is 8.46. The number of ether oxygens (including phenoxy) is 2. The van der Waals surface area contributed by atoms with Crippen LogP contribution in [0.2, 0.25) is 0 Å². The number of aryl methyl sites for hydroxylation is 1. The van der Waals surface area contributed by atoms with E-state index in [2.05, 4.69) is 69.3 Å². The Bertz CT molecular complexity index is 1210. The van der Waals surface area contributed by atoms with Crippen LogP contribution in [-0.4, -0.2) is 0 Å². The molecule has 4 aromatic rings. The van der Waals surface area contributed by atoms with Crippen molar-refractivity contribution in [3.8, 4) is 11.5 Å². The third-order valence-corrected chi connectivity index (χ3v) is 5.96. The third kappa shape index (κ3) is 5.93. The van der Waals surface area contributed by atoms with Gasteiger partial charge in [-0.1, -0.05) is 78.9 Å². The topological polar surface area (TPSA) is 18.5 Å². The van der Waals surface area contributed by atoms with Crippen LogP contribution >= 0.6 is 0 Å². The van der Waals surface area contributed by atoms with E-state index in [1.54, 1.807) is 0 Å². The Kier molecular flexibility index (Phi) is 7.26. The summed E-state index contributed by atoms with van der Waals surface area (Å²) in [6, 6.07) is 35.1. The second-order valence-corrected chi connectivity index (χ2v) is 8.30. The lowest BCUT2D eigenvalue weighted by molar-refractivity contribution is 0.306. The summed E-state index contributed by atoms with van der Waals surface area (Å²) >= 11 is 0. The lowest BCUT2D eigenvalue weighted by Crippen LogP contribution is -1.97. The Morgan fingerprint density at radius 1 is 0.576 bits per heavy atom. The largest absolute Gasteiger partial charge is 0.489 e. The zero-order chi connectivity index (χ0) is 23.0. The fourth-order valence-electron chi connectivity index (χ4n) is 3.80. The SMILES string of the molecule is C/C(=C(/C)c1cc(OCc2ccccc2)ccc1C)c1ccc(OCc2ccccc2)cc1. The number of allylic oxidation sites excluding steroid dienone is 2. The minimum atomic E-state index is 0.565. The molecule has 0 fully saturated rings. The van der Waals surface area contributed by atoms with Gasteiger partial charge in [0.15, 0.2) is 0 Å². The number of rotatable bonds is 8. The Hall–Kier alpha value is -3.78. The van der Waals surface area contributed by atoms with E-state index >= 15 is 0 Å². The zero-order valence-electron chi connectivity index (χ0n) is 19.5. The molecule has 0 unspecified atom stereocenters. The summed E-state index contributed by atoms with van der Waals surface area (Å²) in [6.07, 6.45) is 0. The van der Waals surface area contributed by atoms with E-state index in [0.29, 0.717) is 13.2 Å². The highest BCUT2D eigenvalue weighted by molar-refractivity contribution is 5.90. The zero-order valence-corrected chi connectivity index (χ0v) is 19.5. The van der Waals surface area contributed by atoms with Crippen LogP contribution in [0.5, 0.6) is 11.5 Å². The second kappa shape index (κ2) is 10.7. The van der Waals surface area contributed by atoms with E-state index < -0.39 is 0 Å². The molecule has 2 heteroatoms. The second-order valence-electron chi connectivity index (χ2n) is 8.30. The van der Waals surface area contributed by atoms with Crippen molar-refractivity contribution in [2.24, 2.45) is 0 Å². The van der Waals surface area contributed by atoms with Crippen LogP contribution in [0.25, 0.3) is 11.1 Å². The van der Waals surface area contributed by atoms with Gasteiger partial charge in [0, 0.05) is 0 Å². The van der Waals surface area contributed by atoms with E-state index in [0.717, 1.165) is 17.1 Å². The number of hydrogen-bond donors (Lipinski definition) is 0. The number of hydrogen-bond acceptors (Lipinski definition) is 2. The molecule has 0 amide bonds. The van der Waals surface area contributed by atoms with E-state index in [1.807, 2.05) is 54.6 Å². The first kappa shape index (κ1) is 22.4. The van der Waals surface area contributed by atoms with Gasteiger partial charge < -0.3 is 9.47 Å². The first-order chi connectivity index (χ1) is 16.1. The average Bonchev–Trinajstić information content (AvgIpc) is 2.87. The average molecular weight is 435 g/mol. The first-order valence-corrected chi connectivity index (χ1v) is 11.3. The quantitative estimate of drug-likeness (QED) is 0.261. The van der Waals surface area contributed by atoms with Gasteiger partial charge in [0.1, 0.15) is 24.7 Å². The van der Waals surface area contributed by atoms with Crippen molar-refractivity contribution < 1.29 is 9.47 Å². The van der Waals surface area contributed by atoms with E-state index in [-0.39, 0.29) is 0 Å². The molecule has 4 rings (SSSR count). The van der Waals surface area contributed by atoms with Crippen molar-refractivity contribution in [2.45, 2.75) is 34.0 Å². The predicted molar refractivity (Wildman–Crippen MR) is 137 cm³/mol. The molecule has 0 bridgehead atoms. The molecule has 0 atom stereocenters. The van der Waals surface area contributed by atoms with Crippen molar-refractivity contribution in [3.05, 3.63) is 131 Å². The number of benzene rings is 4. The van der Waals surface area contributed by atoms with Gasteiger partial charge in [0.2, 0.25) is 0 Å². The highest BCUT2D eigenvalue weighted by atomic mass is 16.5. The van der Waals surface area contributed by atoms with Crippen LogP contribution in [0, 0.1) is 6.92 Å². The summed E-state index contributed by atoms with van der Waals surface area (Å²) in [5, 5.41) is 0. The summed E-state index contributed by atoms with van der Waals surface area (Å²) in [7, 11) is 0. The summed E-state index contributed by atoms with van der Waals surface area (Å²) < 4.78 is 12.0. The normalized spacial score (nSPS) is 11.6. The molecule has 2 nitrogen and oxygen atoms in total. The van der Waals surface area contributed by atoms with E-state index in [1.165, 1.54) is 33.4 Å². The van der Waals surface area contributed by atoms with Crippen molar-refractivity contribution in [1.29, 1.82) is 0 Å². The molecule has 0 aliphatic carbocycles. The molecule has 0 aromatic heterocycles. The van der Waals surface area contributed by atoms with Crippen molar-refractivity contribution in [3.63, 3.8) is 0 Å². The molecule has 0 saturated heterocycles. The lowest BCUT2D eigenvalue weighted by atomic mass is 9.94. The molecule has 0 radical (unpaired) electrons. The first-order valence-electron chi connectivity index (χ1n) is 11.3. The van der Waals surface area contributed by atoms with Gasteiger partial charge in [-0.05, 0) is 84.0 Å². The summed E-state index contributed by atoms with van der Waals surface area (Å²) in [6.45, 7) is 7.64. The Labute approximate surface area is 197 Å². The maximum atomic E-state index is 6.06. The van der Waals surface area contributed by atoms with Gasteiger partial charge in [-0.25, -0.2) is 0 Å². The molecule has 166 valence electrons. The standard InChI is InChI=1S/C31H30O2/c1-23-14-17-30(33-22-27-12-8-5-9-13-27)20-31(23)25(3)24(2)28-15-18-29(19-16-28)32-21-26-10-6-4-7-11-26/h4-20H,21-22H2,1-3H3/b25-24+. The highest BCUT2D eigenvalue weighted by Crippen LogP contribution is 2.31. The van der Waals surface area contributed by atoms with Gasteiger partial charge in [-0.15, -0.1) is 0 Å². The summed E-state index contributed by atoms with van der Waals surface area (Å²) in [5.74, 6) is 1.76. The molecule has 0 aliphatic rings. The Morgan fingerprint density at radius 3 is 1.67 bits per heavy atom. The van der Waals surface area contributed by atoms with Crippen LogP contribution in [0.15, 0.2) is 103 Å². The molecule has 0 heterocycles. The molecule has 0 N–H and O–H groups in total. The van der Waals surface area contributed by atoms with Crippen LogP contribution in [-0.2, 0) is 13.2 Å². The van der Waals surface area contributed by atoms with Gasteiger partial charge in [-0.2, -0.15) is 0 Å². The maximum Gasteiger partial charge on any atom is 0.120 e. The highest BCUT2D eigenvalue weighted by Gasteiger charge is 2.09. The van der Waals surface area contributed by atoms with Gasteiger partial charge in [0.05, 0.1) is 0 Å². The fraction of sp³-hybridized carbons (Fsp3) is 0.161. The lowest BCUT2D eigenvalue weighted by Gasteiger charge is -2.14. The third-order valence-electron chi connectivity index (χ3n) is 5.96. The van der Waals surface area contributed by atoms with Gasteiger partial charge in [0.25, 0.3) is 0 Å². The van der Waals surface area contributed by atoms with Gasteiger partial charge in [-0.3, -0.25) is 0 Å². The monoisotopic (exact) mass is 434 g/mol. The molecular formula is C31H30O2. The van der Waals surface area contributed by atoms with Crippen molar-refractivity contribution in [1.82, 2.24) is 0 Å². The minimum Gasteiger partial charge on any atom is -0.489 e. The van der Waals surface area contributed by atoms with Crippen molar-refractivity contribution in [2.75, 3.05) is 0 Å². The predicted octanol–water partition coefficient (Wildman–Crippen LogP) is 8.10. The maximum absolute atomic E-state index is 6.06. The van der Waals surface area contributed by atoms with Crippen LogP contribution in [0.4, 0.5) is 0 Å². The molecule has 4 aromatic carbocycles. The molecule has 0 saturated carbocycles.